The van der Waals surface area contributed by atoms with E-state index in [1.165, 1.54) is 6.42 Å². The SMILES string of the molecule is CC1CCC(C(=O)NCC2CCNC2)O1. The molecule has 0 radical (unpaired) electrons. The van der Waals surface area contributed by atoms with Gasteiger partial charge in [0, 0.05) is 6.54 Å². The van der Waals surface area contributed by atoms with Crippen LogP contribution in [-0.2, 0) is 9.53 Å². The fourth-order valence-electron chi connectivity index (χ4n) is 2.24. The Balaban J connectivity index is 1.67. The van der Waals surface area contributed by atoms with Crippen LogP contribution < -0.4 is 10.6 Å². The maximum Gasteiger partial charge on any atom is 0.249 e. The molecule has 0 aromatic rings. The second-order valence-corrected chi connectivity index (χ2v) is 4.62. The van der Waals surface area contributed by atoms with Crippen LogP contribution in [0.5, 0.6) is 0 Å². The predicted octanol–water partition coefficient (Wildman–Crippen LogP) is 0.280. The van der Waals surface area contributed by atoms with Gasteiger partial charge in [0.05, 0.1) is 6.10 Å². The van der Waals surface area contributed by atoms with Crippen LogP contribution in [0.15, 0.2) is 0 Å². The summed E-state index contributed by atoms with van der Waals surface area (Å²) in [5.41, 5.74) is 0. The van der Waals surface area contributed by atoms with E-state index in [2.05, 4.69) is 10.6 Å². The number of hydrogen-bond donors (Lipinski definition) is 2. The third-order valence-electron chi connectivity index (χ3n) is 3.25. The van der Waals surface area contributed by atoms with Crippen molar-refractivity contribution in [2.75, 3.05) is 19.6 Å². The molecule has 2 N–H and O–H groups in total. The minimum absolute atomic E-state index is 0.0752. The lowest BCUT2D eigenvalue weighted by Crippen LogP contribution is -2.37. The van der Waals surface area contributed by atoms with Crippen molar-refractivity contribution in [3.05, 3.63) is 0 Å². The Labute approximate surface area is 90.8 Å². The van der Waals surface area contributed by atoms with Crippen LogP contribution in [0, 0.1) is 5.92 Å². The Morgan fingerprint density at radius 2 is 2.33 bits per heavy atom. The van der Waals surface area contributed by atoms with Gasteiger partial charge in [-0.3, -0.25) is 4.79 Å². The van der Waals surface area contributed by atoms with Crippen LogP contribution in [0.25, 0.3) is 0 Å². The van der Waals surface area contributed by atoms with Crippen LogP contribution in [-0.4, -0.2) is 37.7 Å². The van der Waals surface area contributed by atoms with E-state index in [1.807, 2.05) is 6.92 Å². The minimum atomic E-state index is -0.200. The molecule has 0 bridgehead atoms. The van der Waals surface area contributed by atoms with Gasteiger partial charge in [0.2, 0.25) is 5.91 Å². The maximum absolute atomic E-state index is 11.7. The number of nitrogens with one attached hydrogen (secondary N) is 2. The van der Waals surface area contributed by atoms with Crippen molar-refractivity contribution < 1.29 is 9.53 Å². The summed E-state index contributed by atoms with van der Waals surface area (Å²) in [4.78, 5) is 11.7. The number of amides is 1. The van der Waals surface area contributed by atoms with Crippen molar-refractivity contribution in [1.82, 2.24) is 10.6 Å². The molecule has 2 saturated heterocycles. The second kappa shape index (κ2) is 4.94. The lowest BCUT2D eigenvalue weighted by atomic mass is 10.1. The standard InChI is InChI=1S/C11H20N2O2/c1-8-2-3-10(15-8)11(14)13-7-9-4-5-12-6-9/h8-10,12H,2-7H2,1H3,(H,13,14). The summed E-state index contributed by atoms with van der Waals surface area (Å²) in [5.74, 6) is 0.680. The lowest BCUT2D eigenvalue weighted by Gasteiger charge is -2.14. The van der Waals surface area contributed by atoms with E-state index in [1.54, 1.807) is 0 Å². The molecule has 0 aromatic heterocycles. The molecule has 0 aliphatic carbocycles. The van der Waals surface area contributed by atoms with E-state index in [-0.39, 0.29) is 18.1 Å². The normalized spacial score (nSPS) is 35.7. The molecule has 3 atom stereocenters. The van der Waals surface area contributed by atoms with Gasteiger partial charge in [-0.15, -0.1) is 0 Å². The van der Waals surface area contributed by atoms with Gasteiger partial charge in [-0.25, -0.2) is 0 Å². The molecule has 0 saturated carbocycles. The van der Waals surface area contributed by atoms with Crippen LogP contribution in [0.4, 0.5) is 0 Å². The third-order valence-corrected chi connectivity index (χ3v) is 3.25. The van der Waals surface area contributed by atoms with Crippen LogP contribution >= 0.6 is 0 Å². The van der Waals surface area contributed by atoms with E-state index in [0.717, 1.165) is 32.5 Å². The van der Waals surface area contributed by atoms with Gasteiger partial charge in [0.25, 0.3) is 0 Å². The molecule has 2 heterocycles. The lowest BCUT2D eigenvalue weighted by molar-refractivity contribution is -0.131. The highest BCUT2D eigenvalue weighted by atomic mass is 16.5. The van der Waals surface area contributed by atoms with Crippen LogP contribution in [0.1, 0.15) is 26.2 Å². The summed E-state index contributed by atoms with van der Waals surface area (Å²) in [6, 6.07) is 0. The van der Waals surface area contributed by atoms with Crippen LogP contribution in [0.3, 0.4) is 0 Å². The Morgan fingerprint density at radius 1 is 1.47 bits per heavy atom. The molecular weight excluding hydrogens is 192 g/mol. The van der Waals surface area contributed by atoms with E-state index < -0.39 is 0 Å². The summed E-state index contributed by atoms with van der Waals surface area (Å²) in [7, 11) is 0. The fraction of sp³-hybridized carbons (Fsp3) is 0.909. The molecule has 3 unspecified atom stereocenters. The molecule has 4 nitrogen and oxygen atoms in total. The van der Waals surface area contributed by atoms with E-state index in [9.17, 15) is 4.79 Å². The molecule has 2 fully saturated rings. The van der Waals surface area contributed by atoms with Gasteiger partial charge in [-0.05, 0) is 45.2 Å². The highest BCUT2D eigenvalue weighted by Crippen LogP contribution is 2.19. The Bertz CT molecular complexity index is 227. The minimum Gasteiger partial charge on any atom is -0.365 e. The molecule has 4 heteroatoms. The third kappa shape index (κ3) is 2.92. The first-order valence-electron chi connectivity index (χ1n) is 5.89. The second-order valence-electron chi connectivity index (χ2n) is 4.62. The Morgan fingerprint density at radius 3 is 2.93 bits per heavy atom. The zero-order chi connectivity index (χ0) is 10.7. The average Bonchev–Trinajstić information content (AvgIpc) is 2.84. The Hall–Kier alpha value is -0.610. The molecule has 2 aliphatic rings. The predicted molar refractivity (Wildman–Crippen MR) is 57.6 cm³/mol. The van der Waals surface area contributed by atoms with Gasteiger partial charge >= 0.3 is 0 Å². The van der Waals surface area contributed by atoms with Gasteiger partial charge < -0.3 is 15.4 Å². The molecule has 0 spiro atoms. The molecule has 15 heavy (non-hydrogen) atoms. The maximum atomic E-state index is 11.7. The first-order chi connectivity index (χ1) is 7.25. The summed E-state index contributed by atoms with van der Waals surface area (Å²) < 4.78 is 5.51. The summed E-state index contributed by atoms with van der Waals surface area (Å²) in [6.07, 6.45) is 3.09. The zero-order valence-electron chi connectivity index (χ0n) is 9.29. The summed E-state index contributed by atoms with van der Waals surface area (Å²) >= 11 is 0. The highest BCUT2D eigenvalue weighted by Gasteiger charge is 2.28. The monoisotopic (exact) mass is 212 g/mol. The number of ether oxygens (including phenoxy) is 1. The van der Waals surface area contributed by atoms with Crippen molar-refractivity contribution in [2.45, 2.75) is 38.4 Å². The van der Waals surface area contributed by atoms with Gasteiger partial charge in [0.1, 0.15) is 6.10 Å². The molecule has 2 aliphatic heterocycles. The molecule has 2 rings (SSSR count). The largest absolute Gasteiger partial charge is 0.365 e. The van der Waals surface area contributed by atoms with Gasteiger partial charge in [0.15, 0.2) is 0 Å². The summed E-state index contributed by atoms with van der Waals surface area (Å²) in [6.45, 7) is 4.92. The van der Waals surface area contributed by atoms with Crippen molar-refractivity contribution in [3.63, 3.8) is 0 Å². The molecule has 1 amide bonds. The number of hydrogen-bond acceptors (Lipinski definition) is 3. The smallest absolute Gasteiger partial charge is 0.249 e. The number of carbonyl (C=O) groups is 1. The van der Waals surface area contributed by atoms with E-state index in [0.29, 0.717) is 5.92 Å². The Kier molecular flexibility index (Phi) is 3.59. The van der Waals surface area contributed by atoms with E-state index >= 15 is 0 Å². The van der Waals surface area contributed by atoms with Crippen molar-refractivity contribution in [2.24, 2.45) is 5.92 Å². The van der Waals surface area contributed by atoms with Gasteiger partial charge in [-0.1, -0.05) is 0 Å². The van der Waals surface area contributed by atoms with Crippen LogP contribution in [0.2, 0.25) is 0 Å². The topological polar surface area (TPSA) is 50.4 Å². The summed E-state index contributed by atoms with van der Waals surface area (Å²) in [5, 5.41) is 6.27. The first kappa shape index (κ1) is 10.9. The van der Waals surface area contributed by atoms with E-state index in [4.69, 9.17) is 4.74 Å². The molecule has 0 aromatic carbocycles. The highest BCUT2D eigenvalue weighted by molar-refractivity contribution is 5.81. The molecule has 86 valence electrons. The quantitative estimate of drug-likeness (QED) is 0.706. The van der Waals surface area contributed by atoms with Crippen molar-refractivity contribution in [3.8, 4) is 0 Å². The van der Waals surface area contributed by atoms with Crippen molar-refractivity contribution >= 4 is 5.91 Å². The number of rotatable bonds is 3. The van der Waals surface area contributed by atoms with Crippen molar-refractivity contribution in [1.29, 1.82) is 0 Å². The first-order valence-corrected chi connectivity index (χ1v) is 5.89. The zero-order valence-corrected chi connectivity index (χ0v) is 9.29. The molecular formula is C11H20N2O2. The van der Waals surface area contributed by atoms with Gasteiger partial charge in [-0.2, -0.15) is 0 Å². The average molecular weight is 212 g/mol. The fourth-order valence-corrected chi connectivity index (χ4v) is 2.24. The number of carbonyl (C=O) groups excluding carboxylic acids is 1.